The van der Waals surface area contributed by atoms with E-state index in [0.29, 0.717) is 16.7 Å². The molecule has 0 amide bonds. The maximum absolute atomic E-state index is 6.08. The van der Waals surface area contributed by atoms with E-state index in [9.17, 15) is 0 Å². The average molecular weight is 335 g/mol. The molecule has 116 valence electrons. The molecular formula is C17H19ClN2OS. The fraction of sp³-hybridized carbons (Fsp3) is 0.235. The number of halogens is 1. The first-order valence-electron chi connectivity index (χ1n) is 7.09. The average Bonchev–Trinajstić information content (AvgIpc) is 2.48. The van der Waals surface area contributed by atoms with Gasteiger partial charge in [-0.05, 0) is 55.9 Å². The molecule has 0 aliphatic carbocycles. The summed E-state index contributed by atoms with van der Waals surface area (Å²) in [5.74, 6) is 0.871. The minimum absolute atomic E-state index is 0.177. The number of ether oxygens (including phenoxy) is 1. The summed E-state index contributed by atoms with van der Waals surface area (Å²) < 4.78 is 5.61. The van der Waals surface area contributed by atoms with Gasteiger partial charge >= 0.3 is 0 Å². The third kappa shape index (κ3) is 5.20. The number of anilines is 1. The van der Waals surface area contributed by atoms with Crippen LogP contribution in [0.25, 0.3) is 0 Å². The zero-order valence-electron chi connectivity index (χ0n) is 12.6. The molecule has 2 rings (SSSR count). The summed E-state index contributed by atoms with van der Waals surface area (Å²) in [5, 5.41) is 7.42. The Labute approximate surface area is 141 Å². The van der Waals surface area contributed by atoms with Crippen molar-refractivity contribution in [3.8, 4) is 5.75 Å². The van der Waals surface area contributed by atoms with Crippen molar-refractivity contribution in [1.29, 1.82) is 0 Å². The van der Waals surface area contributed by atoms with Crippen molar-refractivity contribution in [1.82, 2.24) is 5.32 Å². The van der Waals surface area contributed by atoms with Gasteiger partial charge in [-0.1, -0.05) is 35.9 Å². The summed E-state index contributed by atoms with van der Waals surface area (Å²) in [7, 11) is 0. The lowest BCUT2D eigenvalue weighted by molar-refractivity contribution is 0.242. The highest BCUT2D eigenvalue weighted by atomic mass is 35.5. The molecule has 3 nitrogen and oxygen atoms in total. The molecule has 2 aromatic rings. The topological polar surface area (TPSA) is 33.3 Å². The summed E-state index contributed by atoms with van der Waals surface area (Å²) >= 11 is 11.4. The van der Waals surface area contributed by atoms with Gasteiger partial charge in [0.25, 0.3) is 0 Å². The van der Waals surface area contributed by atoms with Crippen LogP contribution < -0.4 is 15.4 Å². The molecule has 0 aliphatic rings. The van der Waals surface area contributed by atoms with Gasteiger partial charge < -0.3 is 15.4 Å². The Morgan fingerprint density at radius 3 is 2.45 bits per heavy atom. The second-order valence-electron chi connectivity index (χ2n) is 5.10. The fourth-order valence-corrected chi connectivity index (χ4v) is 2.23. The van der Waals surface area contributed by atoms with Crippen LogP contribution in [0.4, 0.5) is 5.69 Å². The molecule has 0 bridgehead atoms. The molecule has 0 unspecified atom stereocenters. The molecule has 5 heteroatoms. The van der Waals surface area contributed by atoms with Crippen LogP contribution in [-0.2, 0) is 6.54 Å². The summed E-state index contributed by atoms with van der Waals surface area (Å²) in [6.07, 6.45) is 0.177. The van der Waals surface area contributed by atoms with Gasteiger partial charge in [-0.3, -0.25) is 0 Å². The van der Waals surface area contributed by atoms with Crippen LogP contribution in [-0.4, -0.2) is 11.2 Å². The second kappa shape index (κ2) is 8.01. The quantitative estimate of drug-likeness (QED) is 0.782. The number of benzene rings is 2. The van der Waals surface area contributed by atoms with Crippen LogP contribution in [0, 0.1) is 0 Å². The van der Waals surface area contributed by atoms with E-state index in [-0.39, 0.29) is 6.10 Å². The summed E-state index contributed by atoms with van der Waals surface area (Å²) in [5.41, 5.74) is 1.92. The molecule has 0 atom stereocenters. The number of para-hydroxylation sites is 1. The molecule has 0 saturated heterocycles. The summed E-state index contributed by atoms with van der Waals surface area (Å²) in [6, 6.07) is 15.4. The highest BCUT2D eigenvalue weighted by Gasteiger charge is 2.02. The number of hydrogen-bond acceptors (Lipinski definition) is 2. The van der Waals surface area contributed by atoms with Crippen molar-refractivity contribution in [2.24, 2.45) is 0 Å². The minimum Gasteiger partial charge on any atom is -0.491 e. The third-order valence-electron chi connectivity index (χ3n) is 2.87. The van der Waals surface area contributed by atoms with E-state index >= 15 is 0 Å². The first-order chi connectivity index (χ1) is 10.5. The molecule has 22 heavy (non-hydrogen) atoms. The number of rotatable bonds is 5. The maximum atomic E-state index is 6.08. The predicted molar refractivity (Wildman–Crippen MR) is 96.7 cm³/mol. The Hall–Kier alpha value is -1.78. The van der Waals surface area contributed by atoms with Crippen molar-refractivity contribution in [2.45, 2.75) is 26.5 Å². The van der Waals surface area contributed by atoms with Crippen molar-refractivity contribution in [3.05, 3.63) is 59.1 Å². The van der Waals surface area contributed by atoms with Crippen molar-refractivity contribution < 1.29 is 4.74 Å². The number of thiocarbonyl (C=S) groups is 1. The lowest BCUT2D eigenvalue weighted by Crippen LogP contribution is -2.27. The highest BCUT2D eigenvalue weighted by molar-refractivity contribution is 7.80. The highest BCUT2D eigenvalue weighted by Crippen LogP contribution is 2.20. The van der Waals surface area contributed by atoms with Crippen LogP contribution in [0.1, 0.15) is 19.4 Å². The first kappa shape index (κ1) is 16.6. The first-order valence-corrected chi connectivity index (χ1v) is 7.88. The zero-order chi connectivity index (χ0) is 15.9. The van der Waals surface area contributed by atoms with Crippen LogP contribution in [0.15, 0.2) is 48.5 Å². The molecular weight excluding hydrogens is 316 g/mol. The van der Waals surface area contributed by atoms with E-state index in [1.807, 2.05) is 62.4 Å². The van der Waals surface area contributed by atoms with Gasteiger partial charge in [-0.2, -0.15) is 0 Å². The van der Waals surface area contributed by atoms with Crippen molar-refractivity contribution in [3.63, 3.8) is 0 Å². The van der Waals surface area contributed by atoms with Gasteiger partial charge in [-0.15, -0.1) is 0 Å². The Morgan fingerprint density at radius 1 is 1.14 bits per heavy atom. The lowest BCUT2D eigenvalue weighted by atomic mass is 10.2. The summed E-state index contributed by atoms with van der Waals surface area (Å²) in [6.45, 7) is 4.65. The molecule has 0 spiro atoms. The SMILES string of the molecule is CC(C)Oc1ccc(CNC(=S)Nc2ccccc2Cl)cc1. The van der Waals surface area contributed by atoms with E-state index in [1.54, 1.807) is 0 Å². The van der Waals surface area contributed by atoms with Crippen LogP contribution in [0.5, 0.6) is 5.75 Å². The number of hydrogen-bond donors (Lipinski definition) is 2. The van der Waals surface area contributed by atoms with Crippen molar-refractivity contribution in [2.75, 3.05) is 5.32 Å². The Bertz CT molecular complexity index is 629. The largest absolute Gasteiger partial charge is 0.491 e. The van der Waals surface area contributed by atoms with Crippen LogP contribution >= 0.6 is 23.8 Å². The summed E-state index contributed by atoms with van der Waals surface area (Å²) in [4.78, 5) is 0. The maximum Gasteiger partial charge on any atom is 0.171 e. The van der Waals surface area contributed by atoms with Gasteiger partial charge in [0.05, 0.1) is 16.8 Å². The Balaban J connectivity index is 1.85. The smallest absolute Gasteiger partial charge is 0.171 e. The van der Waals surface area contributed by atoms with Crippen LogP contribution in [0.3, 0.4) is 0 Å². The van der Waals surface area contributed by atoms with Gasteiger partial charge in [0.2, 0.25) is 0 Å². The van der Waals surface area contributed by atoms with E-state index in [2.05, 4.69) is 10.6 Å². The van der Waals surface area contributed by atoms with Crippen LogP contribution in [0.2, 0.25) is 5.02 Å². The Kier molecular flexibility index (Phi) is 6.04. The molecule has 2 N–H and O–H groups in total. The standard InChI is InChI=1S/C17H19ClN2OS/c1-12(2)21-14-9-7-13(8-10-14)11-19-17(22)20-16-6-4-3-5-15(16)18/h3-10,12H,11H2,1-2H3,(H2,19,20,22). The van der Waals surface area contributed by atoms with E-state index < -0.39 is 0 Å². The molecule has 0 radical (unpaired) electrons. The Morgan fingerprint density at radius 2 is 1.82 bits per heavy atom. The second-order valence-corrected chi connectivity index (χ2v) is 5.91. The zero-order valence-corrected chi connectivity index (χ0v) is 14.2. The lowest BCUT2D eigenvalue weighted by Gasteiger charge is -2.13. The molecule has 0 aliphatic heterocycles. The molecule has 0 heterocycles. The molecule has 0 saturated carbocycles. The van der Waals surface area contributed by atoms with E-state index in [4.69, 9.17) is 28.6 Å². The molecule has 0 fully saturated rings. The van der Waals surface area contributed by atoms with Gasteiger partial charge in [-0.25, -0.2) is 0 Å². The molecule has 0 aromatic heterocycles. The predicted octanol–water partition coefficient (Wildman–Crippen LogP) is 4.61. The van der Waals surface area contributed by atoms with Crippen molar-refractivity contribution >= 4 is 34.6 Å². The third-order valence-corrected chi connectivity index (χ3v) is 3.45. The van der Waals surface area contributed by atoms with E-state index in [0.717, 1.165) is 17.0 Å². The number of nitrogens with one attached hydrogen (secondary N) is 2. The van der Waals surface area contributed by atoms with E-state index in [1.165, 1.54) is 0 Å². The fourth-order valence-electron chi connectivity index (χ4n) is 1.87. The van der Waals surface area contributed by atoms with Gasteiger partial charge in [0.1, 0.15) is 5.75 Å². The van der Waals surface area contributed by atoms with Gasteiger partial charge in [0.15, 0.2) is 5.11 Å². The van der Waals surface area contributed by atoms with Gasteiger partial charge in [0, 0.05) is 6.54 Å². The normalized spacial score (nSPS) is 10.4. The molecule has 2 aromatic carbocycles. The minimum atomic E-state index is 0.177. The monoisotopic (exact) mass is 334 g/mol.